The highest BCUT2D eigenvalue weighted by atomic mass is 79.9. The monoisotopic (exact) mass is 527 g/mol. The highest BCUT2D eigenvalue weighted by Gasteiger charge is 2.37. The summed E-state index contributed by atoms with van der Waals surface area (Å²) >= 11 is 6.78. The average molecular weight is 529 g/mol. The molecule has 6 nitrogen and oxygen atoms in total. The summed E-state index contributed by atoms with van der Waals surface area (Å²) in [5, 5.41) is 2.26. The number of halogens is 2. The van der Waals surface area contributed by atoms with E-state index in [1.54, 1.807) is 31.2 Å². The number of rotatable bonds is 3. The van der Waals surface area contributed by atoms with Crippen LogP contribution >= 0.6 is 31.9 Å². The molecule has 0 radical (unpaired) electrons. The molecule has 1 saturated heterocycles. The number of hydrogen-bond donors (Lipinski definition) is 1. The number of benzene rings is 2. The van der Waals surface area contributed by atoms with Gasteiger partial charge in [0.05, 0.1) is 5.69 Å². The first-order valence-electron chi connectivity index (χ1n) is 8.96. The van der Waals surface area contributed by atoms with Crippen LogP contribution in [-0.4, -0.2) is 22.4 Å². The standard InChI is InChI=1S/C22H15Br2N3O3/c1-13-11-15(24)6-9-19(13)27-21(29)18(20(28)25-22(27)30)12-17-3-2-10-26(17)16-7-4-14(23)5-8-16/h2-12H,1H3,(H,25,28,30). The van der Waals surface area contributed by atoms with Crippen molar-refractivity contribution in [1.82, 2.24) is 9.88 Å². The molecule has 2 aromatic carbocycles. The summed E-state index contributed by atoms with van der Waals surface area (Å²) in [6.07, 6.45) is 3.33. The number of carbonyl (C=O) groups excluding carboxylic acids is 3. The van der Waals surface area contributed by atoms with Crippen molar-refractivity contribution in [3.63, 3.8) is 0 Å². The molecule has 0 saturated carbocycles. The quantitative estimate of drug-likeness (QED) is 0.385. The molecule has 8 heteroatoms. The van der Waals surface area contributed by atoms with Gasteiger partial charge in [-0.15, -0.1) is 0 Å². The topological polar surface area (TPSA) is 71.4 Å². The van der Waals surface area contributed by atoms with Crippen molar-refractivity contribution in [1.29, 1.82) is 0 Å². The molecular weight excluding hydrogens is 514 g/mol. The third kappa shape index (κ3) is 3.76. The molecule has 0 spiro atoms. The Balaban J connectivity index is 1.76. The lowest BCUT2D eigenvalue weighted by Gasteiger charge is -2.27. The van der Waals surface area contributed by atoms with Gasteiger partial charge < -0.3 is 4.57 Å². The van der Waals surface area contributed by atoms with E-state index >= 15 is 0 Å². The molecule has 3 aromatic rings. The molecular formula is C22H15Br2N3O3. The lowest BCUT2D eigenvalue weighted by Crippen LogP contribution is -2.54. The van der Waals surface area contributed by atoms with E-state index in [-0.39, 0.29) is 5.57 Å². The van der Waals surface area contributed by atoms with Crippen molar-refractivity contribution in [2.45, 2.75) is 6.92 Å². The smallest absolute Gasteiger partial charge is 0.317 e. The van der Waals surface area contributed by atoms with Gasteiger partial charge in [-0.25, -0.2) is 9.69 Å². The molecule has 4 amide bonds. The lowest BCUT2D eigenvalue weighted by molar-refractivity contribution is -0.122. The van der Waals surface area contributed by atoms with E-state index in [0.717, 1.165) is 25.1 Å². The predicted octanol–water partition coefficient (Wildman–Crippen LogP) is 4.98. The van der Waals surface area contributed by atoms with E-state index < -0.39 is 17.8 Å². The molecule has 30 heavy (non-hydrogen) atoms. The molecule has 150 valence electrons. The van der Waals surface area contributed by atoms with Gasteiger partial charge in [-0.1, -0.05) is 31.9 Å². The van der Waals surface area contributed by atoms with Gasteiger partial charge in [-0.3, -0.25) is 14.9 Å². The van der Waals surface area contributed by atoms with Crippen molar-refractivity contribution in [3.8, 4) is 5.69 Å². The largest absolute Gasteiger partial charge is 0.335 e. The Morgan fingerprint density at radius 1 is 0.933 bits per heavy atom. The predicted molar refractivity (Wildman–Crippen MR) is 121 cm³/mol. The third-order valence-electron chi connectivity index (χ3n) is 4.68. The summed E-state index contributed by atoms with van der Waals surface area (Å²) in [6, 6.07) is 15.7. The van der Waals surface area contributed by atoms with Crippen molar-refractivity contribution < 1.29 is 14.4 Å². The van der Waals surface area contributed by atoms with Gasteiger partial charge >= 0.3 is 6.03 Å². The Morgan fingerprint density at radius 3 is 2.33 bits per heavy atom. The van der Waals surface area contributed by atoms with Crippen LogP contribution in [0.3, 0.4) is 0 Å². The lowest BCUT2D eigenvalue weighted by atomic mass is 10.1. The van der Waals surface area contributed by atoms with E-state index in [2.05, 4.69) is 37.2 Å². The van der Waals surface area contributed by atoms with Crippen LogP contribution in [0.2, 0.25) is 0 Å². The minimum atomic E-state index is -0.768. The fourth-order valence-electron chi connectivity index (χ4n) is 3.24. The number of urea groups is 1. The summed E-state index contributed by atoms with van der Waals surface area (Å²) in [6.45, 7) is 1.79. The van der Waals surface area contributed by atoms with Gasteiger partial charge in [0.25, 0.3) is 11.8 Å². The number of hydrogen-bond acceptors (Lipinski definition) is 3. The summed E-state index contributed by atoms with van der Waals surface area (Å²) in [5.41, 5.74) is 2.53. The molecule has 0 aliphatic carbocycles. The van der Waals surface area contributed by atoms with Gasteiger partial charge in [0.1, 0.15) is 5.57 Å². The number of carbonyl (C=O) groups is 3. The van der Waals surface area contributed by atoms with Crippen LogP contribution in [0.15, 0.2) is 75.3 Å². The molecule has 1 aromatic heterocycles. The van der Waals surface area contributed by atoms with Crippen LogP contribution < -0.4 is 10.2 Å². The van der Waals surface area contributed by atoms with Crippen LogP contribution in [0, 0.1) is 6.92 Å². The molecule has 4 rings (SSSR count). The number of nitrogens with zero attached hydrogens (tertiary/aromatic N) is 2. The minimum absolute atomic E-state index is 0.117. The number of barbiturate groups is 1. The molecule has 2 heterocycles. The second-order valence-corrected chi connectivity index (χ2v) is 8.50. The first kappa shape index (κ1) is 20.3. The number of aromatic nitrogens is 1. The molecule has 1 aliphatic rings. The molecule has 0 bridgehead atoms. The van der Waals surface area contributed by atoms with Gasteiger partial charge in [-0.2, -0.15) is 0 Å². The maximum atomic E-state index is 13.2. The van der Waals surface area contributed by atoms with E-state index in [0.29, 0.717) is 11.4 Å². The summed E-state index contributed by atoms with van der Waals surface area (Å²) in [7, 11) is 0. The van der Waals surface area contributed by atoms with E-state index in [1.165, 1.54) is 6.08 Å². The Hall–Kier alpha value is -2.97. The van der Waals surface area contributed by atoms with Gasteiger partial charge in [0.15, 0.2) is 0 Å². The van der Waals surface area contributed by atoms with E-state index in [4.69, 9.17) is 0 Å². The normalized spacial score (nSPS) is 15.6. The summed E-state index contributed by atoms with van der Waals surface area (Å²) < 4.78 is 3.62. The zero-order valence-electron chi connectivity index (χ0n) is 15.7. The van der Waals surface area contributed by atoms with Crippen LogP contribution in [0.1, 0.15) is 11.3 Å². The first-order chi connectivity index (χ1) is 14.3. The van der Waals surface area contributed by atoms with E-state index in [9.17, 15) is 14.4 Å². The number of aryl methyl sites for hydroxylation is 1. The van der Waals surface area contributed by atoms with Crippen LogP contribution in [0.25, 0.3) is 11.8 Å². The van der Waals surface area contributed by atoms with Crippen molar-refractivity contribution in [2.24, 2.45) is 0 Å². The number of imide groups is 2. The third-order valence-corrected chi connectivity index (χ3v) is 5.70. The molecule has 1 aliphatic heterocycles. The maximum absolute atomic E-state index is 13.2. The Kier molecular flexibility index (Phi) is 5.44. The number of anilines is 1. The van der Waals surface area contributed by atoms with Crippen LogP contribution in [0.4, 0.5) is 10.5 Å². The maximum Gasteiger partial charge on any atom is 0.335 e. The molecule has 1 fully saturated rings. The van der Waals surface area contributed by atoms with Crippen molar-refractivity contribution in [3.05, 3.63) is 86.6 Å². The first-order valence-corrected chi connectivity index (χ1v) is 10.5. The number of amides is 4. The van der Waals surface area contributed by atoms with E-state index in [1.807, 2.05) is 41.1 Å². The SMILES string of the molecule is Cc1cc(Br)ccc1N1C(=O)NC(=O)C(=Cc2cccn2-c2ccc(Br)cc2)C1=O. The Bertz CT molecular complexity index is 1210. The highest BCUT2D eigenvalue weighted by molar-refractivity contribution is 9.10. The molecule has 0 unspecified atom stereocenters. The van der Waals surface area contributed by atoms with Crippen LogP contribution in [-0.2, 0) is 9.59 Å². The average Bonchev–Trinajstić information content (AvgIpc) is 3.15. The van der Waals surface area contributed by atoms with Gasteiger partial charge in [0.2, 0.25) is 0 Å². The number of nitrogens with one attached hydrogen (secondary N) is 1. The summed E-state index contributed by atoms with van der Waals surface area (Å²) in [4.78, 5) is 39.1. The van der Waals surface area contributed by atoms with Crippen LogP contribution in [0.5, 0.6) is 0 Å². The second-order valence-electron chi connectivity index (χ2n) is 6.67. The fourth-order valence-corrected chi connectivity index (χ4v) is 3.98. The summed E-state index contributed by atoms with van der Waals surface area (Å²) in [5.74, 6) is -1.39. The minimum Gasteiger partial charge on any atom is -0.317 e. The van der Waals surface area contributed by atoms with Crippen molar-refractivity contribution >= 4 is 61.5 Å². The highest BCUT2D eigenvalue weighted by Crippen LogP contribution is 2.28. The van der Waals surface area contributed by atoms with Gasteiger partial charge in [0, 0.05) is 26.5 Å². The second kappa shape index (κ2) is 8.04. The van der Waals surface area contributed by atoms with Gasteiger partial charge in [-0.05, 0) is 73.2 Å². The molecule has 0 atom stereocenters. The zero-order chi connectivity index (χ0) is 21.4. The fraction of sp³-hybridized carbons (Fsp3) is 0.0455. The Morgan fingerprint density at radius 2 is 1.63 bits per heavy atom. The zero-order valence-corrected chi connectivity index (χ0v) is 18.9. The Labute approximate surface area is 189 Å². The van der Waals surface area contributed by atoms with Crippen molar-refractivity contribution in [2.75, 3.05) is 4.90 Å². The molecule has 1 N–H and O–H groups in total.